The van der Waals surface area contributed by atoms with Crippen LogP contribution in [0.5, 0.6) is 0 Å². The number of aromatic carboxylic acids is 1. The highest BCUT2D eigenvalue weighted by Crippen LogP contribution is 2.36. The van der Waals surface area contributed by atoms with E-state index in [2.05, 4.69) is 0 Å². The Labute approximate surface area is 125 Å². The van der Waals surface area contributed by atoms with Crippen molar-refractivity contribution in [3.8, 4) is 0 Å². The van der Waals surface area contributed by atoms with Gasteiger partial charge in [-0.2, -0.15) is 4.31 Å². The number of carbonyl (C=O) groups is 1. The van der Waals surface area contributed by atoms with E-state index in [4.69, 9.17) is 0 Å². The fourth-order valence-electron chi connectivity index (χ4n) is 2.45. The average Bonchev–Trinajstić information content (AvgIpc) is 3.13. The van der Waals surface area contributed by atoms with Crippen molar-refractivity contribution in [1.82, 2.24) is 8.87 Å². The monoisotopic (exact) mass is 314 g/mol. The van der Waals surface area contributed by atoms with Crippen LogP contribution in [0.2, 0.25) is 0 Å². The quantitative estimate of drug-likeness (QED) is 0.873. The van der Waals surface area contributed by atoms with Crippen LogP contribution < -0.4 is 0 Å². The maximum absolute atomic E-state index is 12.6. The van der Waals surface area contributed by atoms with Gasteiger partial charge >= 0.3 is 5.97 Å². The van der Waals surface area contributed by atoms with Crippen molar-refractivity contribution < 1.29 is 18.3 Å². The molecule has 1 atom stereocenters. The summed E-state index contributed by atoms with van der Waals surface area (Å²) in [6, 6.07) is 1.06. The van der Waals surface area contributed by atoms with Gasteiger partial charge in [0.1, 0.15) is 10.6 Å². The summed E-state index contributed by atoms with van der Waals surface area (Å²) >= 11 is 0. The highest BCUT2D eigenvalue weighted by atomic mass is 32.2. The summed E-state index contributed by atoms with van der Waals surface area (Å²) in [7, 11) is -2.10. The lowest BCUT2D eigenvalue weighted by Gasteiger charge is -2.23. The minimum atomic E-state index is -3.66. The maximum atomic E-state index is 12.6. The van der Waals surface area contributed by atoms with Gasteiger partial charge < -0.3 is 9.67 Å². The Bertz CT molecular complexity index is 644. The van der Waals surface area contributed by atoms with Crippen LogP contribution in [0.3, 0.4) is 0 Å². The van der Waals surface area contributed by atoms with Crippen molar-refractivity contribution in [3.05, 3.63) is 18.0 Å². The van der Waals surface area contributed by atoms with Gasteiger partial charge in [-0.05, 0) is 45.6 Å². The van der Waals surface area contributed by atoms with Crippen molar-refractivity contribution in [3.63, 3.8) is 0 Å². The average molecular weight is 314 g/mol. The molecule has 6 nitrogen and oxygen atoms in total. The predicted molar refractivity (Wildman–Crippen MR) is 78.9 cm³/mol. The second kappa shape index (κ2) is 5.46. The fraction of sp³-hybridized carbons (Fsp3) is 0.643. The molecule has 0 spiro atoms. The summed E-state index contributed by atoms with van der Waals surface area (Å²) in [6.45, 7) is 5.53. The van der Waals surface area contributed by atoms with Crippen LogP contribution in [-0.2, 0) is 10.0 Å². The molecule has 0 saturated heterocycles. The molecule has 0 amide bonds. The van der Waals surface area contributed by atoms with E-state index < -0.39 is 16.0 Å². The molecule has 1 aliphatic carbocycles. The van der Waals surface area contributed by atoms with Gasteiger partial charge in [0.15, 0.2) is 0 Å². The molecule has 1 heterocycles. The SMILES string of the molecule is CC(C1CC1)N(C)S(=O)(=O)c1cc(C(=O)O)n(C(C)C)c1. The molecule has 1 N–H and O–H groups in total. The third kappa shape index (κ3) is 2.98. The van der Waals surface area contributed by atoms with Crippen LogP contribution in [0.4, 0.5) is 0 Å². The molecule has 1 aliphatic rings. The topological polar surface area (TPSA) is 79.6 Å². The normalized spacial score (nSPS) is 17.4. The molecule has 2 rings (SSSR count). The fourth-order valence-corrected chi connectivity index (χ4v) is 3.90. The van der Waals surface area contributed by atoms with Gasteiger partial charge in [-0.1, -0.05) is 0 Å². The zero-order chi connectivity index (χ0) is 15.9. The highest BCUT2D eigenvalue weighted by Gasteiger charge is 2.37. The number of sulfonamides is 1. The van der Waals surface area contributed by atoms with E-state index in [9.17, 15) is 18.3 Å². The number of carboxylic acid groups (broad SMARTS) is 1. The van der Waals surface area contributed by atoms with E-state index in [1.54, 1.807) is 7.05 Å². The molecule has 0 aliphatic heterocycles. The third-order valence-corrected chi connectivity index (χ3v) is 6.06. The van der Waals surface area contributed by atoms with Crippen LogP contribution in [0.25, 0.3) is 0 Å². The lowest BCUT2D eigenvalue weighted by molar-refractivity contribution is 0.0683. The lowest BCUT2D eigenvalue weighted by Crippen LogP contribution is -2.36. The minimum Gasteiger partial charge on any atom is -0.477 e. The molecule has 0 aromatic carbocycles. The Kier molecular flexibility index (Phi) is 4.17. The van der Waals surface area contributed by atoms with Crippen LogP contribution in [0.1, 0.15) is 50.1 Å². The smallest absolute Gasteiger partial charge is 0.352 e. The van der Waals surface area contributed by atoms with E-state index in [-0.39, 0.29) is 22.7 Å². The van der Waals surface area contributed by atoms with Crippen molar-refractivity contribution in [2.75, 3.05) is 7.05 Å². The van der Waals surface area contributed by atoms with Gasteiger partial charge in [0, 0.05) is 25.3 Å². The molecule has 118 valence electrons. The summed E-state index contributed by atoms with van der Waals surface area (Å²) in [5, 5.41) is 9.21. The Morgan fingerprint density at radius 1 is 1.38 bits per heavy atom. The summed E-state index contributed by atoms with van der Waals surface area (Å²) in [5.74, 6) is -0.709. The molecule has 7 heteroatoms. The van der Waals surface area contributed by atoms with Gasteiger partial charge in [0.25, 0.3) is 0 Å². The zero-order valence-corrected chi connectivity index (χ0v) is 13.6. The Hall–Kier alpha value is -1.34. The number of aromatic nitrogens is 1. The number of nitrogens with zero attached hydrogens (tertiary/aromatic N) is 2. The first-order valence-corrected chi connectivity index (χ1v) is 8.53. The number of rotatable bonds is 6. The molecule has 1 unspecified atom stereocenters. The maximum Gasteiger partial charge on any atom is 0.352 e. The molecule has 1 fully saturated rings. The highest BCUT2D eigenvalue weighted by molar-refractivity contribution is 7.89. The van der Waals surface area contributed by atoms with Crippen LogP contribution in [0, 0.1) is 5.92 Å². The second-order valence-electron chi connectivity index (χ2n) is 5.97. The number of hydrogen-bond donors (Lipinski definition) is 1. The van der Waals surface area contributed by atoms with Crippen molar-refractivity contribution in [1.29, 1.82) is 0 Å². The molecule has 1 aromatic rings. The molecular weight excluding hydrogens is 292 g/mol. The van der Waals surface area contributed by atoms with E-state index in [0.717, 1.165) is 12.8 Å². The molecule has 1 saturated carbocycles. The van der Waals surface area contributed by atoms with Gasteiger partial charge in [0.2, 0.25) is 10.0 Å². The molecule has 0 radical (unpaired) electrons. The predicted octanol–water partition coefficient (Wildman–Crippen LogP) is 2.19. The standard InChI is InChI=1S/C14H22N2O4S/c1-9(2)16-8-12(7-13(16)14(17)18)21(19,20)15(4)10(3)11-5-6-11/h7-11H,5-6H2,1-4H3,(H,17,18). The van der Waals surface area contributed by atoms with E-state index in [1.165, 1.54) is 21.1 Å². The van der Waals surface area contributed by atoms with Crippen LogP contribution >= 0.6 is 0 Å². The van der Waals surface area contributed by atoms with Crippen LogP contribution in [-0.4, -0.2) is 41.5 Å². The Morgan fingerprint density at radius 3 is 2.33 bits per heavy atom. The van der Waals surface area contributed by atoms with E-state index >= 15 is 0 Å². The lowest BCUT2D eigenvalue weighted by atomic mass is 10.2. The van der Waals surface area contributed by atoms with Crippen LogP contribution in [0.15, 0.2) is 17.2 Å². The third-order valence-electron chi connectivity index (χ3n) is 4.15. The first-order valence-electron chi connectivity index (χ1n) is 7.09. The molecule has 0 bridgehead atoms. The first-order chi connectivity index (χ1) is 9.66. The van der Waals surface area contributed by atoms with Gasteiger partial charge in [-0.3, -0.25) is 0 Å². The second-order valence-corrected chi connectivity index (χ2v) is 7.96. The summed E-state index contributed by atoms with van der Waals surface area (Å²) in [5.41, 5.74) is -0.00366. The minimum absolute atomic E-state index is 0.00366. The first kappa shape index (κ1) is 16.0. The molecule has 21 heavy (non-hydrogen) atoms. The van der Waals surface area contributed by atoms with Crippen molar-refractivity contribution in [2.45, 2.75) is 50.6 Å². The zero-order valence-electron chi connectivity index (χ0n) is 12.8. The molecule has 1 aromatic heterocycles. The largest absolute Gasteiger partial charge is 0.477 e. The number of hydrogen-bond acceptors (Lipinski definition) is 3. The Balaban J connectivity index is 2.40. The molecular formula is C14H22N2O4S. The van der Waals surface area contributed by atoms with Gasteiger partial charge in [-0.25, -0.2) is 13.2 Å². The van der Waals surface area contributed by atoms with Gasteiger partial charge in [-0.15, -0.1) is 0 Å². The summed E-state index contributed by atoms with van der Waals surface area (Å²) in [6.07, 6.45) is 3.52. The van der Waals surface area contributed by atoms with E-state index in [0.29, 0.717) is 5.92 Å². The van der Waals surface area contributed by atoms with Crippen molar-refractivity contribution >= 4 is 16.0 Å². The number of carboxylic acids is 1. The van der Waals surface area contributed by atoms with Crippen molar-refractivity contribution in [2.24, 2.45) is 5.92 Å². The van der Waals surface area contributed by atoms with E-state index in [1.807, 2.05) is 20.8 Å². The van der Waals surface area contributed by atoms with Gasteiger partial charge in [0.05, 0.1) is 0 Å². The summed E-state index contributed by atoms with van der Waals surface area (Å²) in [4.78, 5) is 11.3. The summed E-state index contributed by atoms with van der Waals surface area (Å²) < 4.78 is 28.1. The Morgan fingerprint density at radius 2 is 1.95 bits per heavy atom.